The lowest BCUT2D eigenvalue weighted by molar-refractivity contribution is 0.488. The molecule has 0 fully saturated rings. The molecule has 0 spiro atoms. The van der Waals surface area contributed by atoms with Crippen LogP contribution in [0.3, 0.4) is 0 Å². The zero-order valence-corrected chi connectivity index (χ0v) is 11.1. The number of fused-ring (bicyclic) bond motifs is 2. The van der Waals surface area contributed by atoms with Gasteiger partial charge >= 0.3 is 0 Å². The Morgan fingerprint density at radius 2 is 1.38 bits per heavy atom. The molecule has 0 aromatic heterocycles. The largest absolute Gasteiger partial charge is 0.507 e. The molecule has 0 atom stereocenters. The second kappa shape index (κ2) is 3.41. The highest BCUT2D eigenvalue weighted by molar-refractivity contribution is 6.33. The fraction of sp³-hybridized carbons (Fsp3) is 0. The molecule has 2 nitrogen and oxygen atoms in total. The molecule has 0 saturated carbocycles. The molecule has 0 bridgehead atoms. The van der Waals surface area contributed by atoms with Crippen molar-refractivity contribution >= 4 is 43.1 Å². The van der Waals surface area contributed by atoms with E-state index >= 15 is 0 Å². The van der Waals surface area contributed by atoms with Crippen LogP contribution in [0, 0.1) is 0 Å². The molecule has 5 aromatic carbocycles. The summed E-state index contributed by atoms with van der Waals surface area (Å²) in [5.41, 5.74) is 0.0583. The van der Waals surface area contributed by atoms with Gasteiger partial charge in [0.05, 0.1) is 0 Å². The molecular weight excluding hydrogens is 260 g/mol. The van der Waals surface area contributed by atoms with Crippen LogP contribution < -0.4 is 5.43 Å². The first kappa shape index (κ1) is 10.9. The summed E-state index contributed by atoms with van der Waals surface area (Å²) in [4.78, 5) is 12.8. The van der Waals surface area contributed by atoms with Crippen molar-refractivity contribution in [2.75, 3.05) is 0 Å². The molecule has 98 valence electrons. The average Bonchev–Trinajstić information content (AvgIpc) is 2.83. The van der Waals surface area contributed by atoms with E-state index in [1.54, 1.807) is 0 Å². The highest BCUT2D eigenvalue weighted by Gasteiger charge is 2.20. The topological polar surface area (TPSA) is 37.3 Å². The van der Waals surface area contributed by atoms with E-state index in [2.05, 4.69) is 0 Å². The number of hydrogen-bond donors (Lipinski definition) is 1. The summed E-state index contributed by atoms with van der Waals surface area (Å²) < 4.78 is 0. The zero-order chi connectivity index (χ0) is 14.1. The van der Waals surface area contributed by atoms with Crippen molar-refractivity contribution < 1.29 is 5.11 Å². The third-order valence-corrected chi connectivity index (χ3v) is 4.47. The van der Waals surface area contributed by atoms with E-state index < -0.39 is 0 Å². The Kier molecular flexibility index (Phi) is 1.77. The van der Waals surface area contributed by atoms with Crippen molar-refractivity contribution in [1.82, 2.24) is 0 Å². The molecule has 0 unspecified atom stereocenters. The van der Waals surface area contributed by atoms with E-state index in [1.807, 2.05) is 54.6 Å². The molecular formula is C19H10O2. The van der Waals surface area contributed by atoms with E-state index in [1.165, 1.54) is 0 Å². The monoisotopic (exact) mass is 270 g/mol. The third kappa shape index (κ3) is 1.12. The first-order valence-corrected chi connectivity index (χ1v) is 6.91. The average molecular weight is 270 g/mol. The van der Waals surface area contributed by atoms with E-state index in [0.29, 0.717) is 0 Å². The van der Waals surface area contributed by atoms with Crippen LogP contribution in [0.25, 0.3) is 43.1 Å². The Morgan fingerprint density at radius 1 is 0.619 bits per heavy atom. The lowest BCUT2D eigenvalue weighted by atomic mass is 9.97. The molecule has 0 amide bonds. The lowest BCUT2D eigenvalue weighted by Crippen LogP contribution is -1.94. The van der Waals surface area contributed by atoms with Crippen LogP contribution in [0.4, 0.5) is 0 Å². The molecule has 0 heterocycles. The molecule has 5 aromatic rings. The predicted octanol–water partition coefficient (Wildman–Crippen LogP) is 4.24. The SMILES string of the molecule is O=c1c2cccc3ccc4c(O)c5ccccc5c1c4c32. The summed E-state index contributed by atoms with van der Waals surface area (Å²) in [6, 6.07) is 17.2. The summed E-state index contributed by atoms with van der Waals surface area (Å²) >= 11 is 0. The molecule has 1 N–H and O–H groups in total. The normalized spacial score (nSPS) is 12.2. The van der Waals surface area contributed by atoms with Crippen LogP contribution >= 0.6 is 0 Å². The van der Waals surface area contributed by atoms with Crippen molar-refractivity contribution in [3.05, 3.63) is 64.8 Å². The maximum Gasteiger partial charge on any atom is 0.194 e. The second-order valence-electron chi connectivity index (χ2n) is 5.49. The summed E-state index contributed by atoms with van der Waals surface area (Å²) in [5, 5.41) is 17.3. The van der Waals surface area contributed by atoms with Crippen molar-refractivity contribution in [3.8, 4) is 5.75 Å². The van der Waals surface area contributed by atoms with Crippen LogP contribution in [0.1, 0.15) is 0 Å². The summed E-state index contributed by atoms with van der Waals surface area (Å²) in [6.45, 7) is 0. The molecule has 2 heteroatoms. The quantitative estimate of drug-likeness (QED) is 0.337. The van der Waals surface area contributed by atoms with Crippen molar-refractivity contribution in [3.63, 3.8) is 0 Å². The van der Waals surface area contributed by atoms with E-state index in [4.69, 9.17) is 0 Å². The van der Waals surface area contributed by atoms with Crippen LogP contribution in [0.15, 0.2) is 59.4 Å². The molecule has 21 heavy (non-hydrogen) atoms. The summed E-state index contributed by atoms with van der Waals surface area (Å²) in [5.74, 6) is 0.260. The van der Waals surface area contributed by atoms with Gasteiger partial charge in [0.25, 0.3) is 0 Å². The first-order valence-electron chi connectivity index (χ1n) is 6.91. The molecule has 0 aliphatic heterocycles. The minimum Gasteiger partial charge on any atom is -0.507 e. The van der Waals surface area contributed by atoms with Gasteiger partial charge in [0.15, 0.2) is 5.43 Å². The van der Waals surface area contributed by atoms with Gasteiger partial charge in [-0.15, -0.1) is 0 Å². The standard InChI is InChI=1S/C19H10O2/c20-18-12-6-2-1-5-11(12)17-16-14(18)9-8-10-4-3-7-13(15(10)16)19(17)21/h1-9,20H. The van der Waals surface area contributed by atoms with Gasteiger partial charge in [0.1, 0.15) is 5.75 Å². The number of rotatable bonds is 0. The Balaban J connectivity index is 2.35. The van der Waals surface area contributed by atoms with Gasteiger partial charge in [-0.05, 0) is 16.8 Å². The molecule has 0 aliphatic carbocycles. The van der Waals surface area contributed by atoms with Gasteiger partial charge in [-0.1, -0.05) is 48.5 Å². The van der Waals surface area contributed by atoms with Crippen molar-refractivity contribution in [2.24, 2.45) is 0 Å². The van der Waals surface area contributed by atoms with E-state index in [0.717, 1.165) is 43.1 Å². The number of phenolic OH excluding ortho intramolecular Hbond substituents is 1. The number of aromatic hydroxyl groups is 1. The maximum absolute atomic E-state index is 12.8. The predicted molar refractivity (Wildman–Crippen MR) is 86.8 cm³/mol. The number of hydrogen-bond acceptors (Lipinski definition) is 2. The third-order valence-electron chi connectivity index (χ3n) is 4.47. The van der Waals surface area contributed by atoms with Crippen LogP contribution in [-0.2, 0) is 0 Å². The summed E-state index contributed by atoms with van der Waals surface area (Å²) in [7, 11) is 0. The smallest absolute Gasteiger partial charge is 0.194 e. The van der Waals surface area contributed by atoms with Gasteiger partial charge < -0.3 is 5.11 Å². The molecule has 5 rings (SSSR count). The second-order valence-corrected chi connectivity index (χ2v) is 5.49. The van der Waals surface area contributed by atoms with E-state index in [-0.39, 0.29) is 11.2 Å². The Labute approximate surface area is 119 Å². The summed E-state index contributed by atoms with van der Waals surface area (Å²) in [6.07, 6.45) is 0. The maximum atomic E-state index is 12.8. The zero-order valence-electron chi connectivity index (χ0n) is 11.1. The first-order chi connectivity index (χ1) is 10.3. The van der Waals surface area contributed by atoms with Crippen LogP contribution in [-0.4, -0.2) is 5.11 Å². The van der Waals surface area contributed by atoms with Crippen LogP contribution in [0.2, 0.25) is 0 Å². The van der Waals surface area contributed by atoms with Gasteiger partial charge in [0.2, 0.25) is 0 Å². The fourth-order valence-corrected chi connectivity index (χ4v) is 3.58. The molecule has 0 saturated heterocycles. The van der Waals surface area contributed by atoms with E-state index in [9.17, 15) is 9.90 Å². The fourth-order valence-electron chi connectivity index (χ4n) is 3.58. The van der Waals surface area contributed by atoms with Crippen molar-refractivity contribution in [2.45, 2.75) is 0 Å². The number of benzene rings is 4. The number of phenols is 1. The van der Waals surface area contributed by atoms with Crippen molar-refractivity contribution in [1.29, 1.82) is 0 Å². The Bertz CT molecular complexity index is 1200. The molecule has 0 aliphatic rings. The lowest BCUT2D eigenvalue weighted by Gasteiger charge is -2.08. The minimum absolute atomic E-state index is 0.0583. The van der Waals surface area contributed by atoms with Gasteiger partial charge in [0, 0.05) is 32.3 Å². The Hall–Kier alpha value is -2.87. The Morgan fingerprint density at radius 3 is 2.24 bits per heavy atom. The van der Waals surface area contributed by atoms with Crippen LogP contribution in [0.5, 0.6) is 5.75 Å². The van der Waals surface area contributed by atoms with Gasteiger partial charge in [-0.2, -0.15) is 0 Å². The van der Waals surface area contributed by atoms with Gasteiger partial charge in [-0.25, -0.2) is 0 Å². The highest BCUT2D eigenvalue weighted by atomic mass is 16.3. The van der Waals surface area contributed by atoms with Gasteiger partial charge in [-0.3, -0.25) is 4.79 Å². The molecule has 0 radical (unpaired) electrons. The minimum atomic E-state index is 0.0583. The highest BCUT2D eigenvalue weighted by Crippen LogP contribution is 2.42.